The quantitative estimate of drug-likeness (QED) is 0.770. The van der Waals surface area contributed by atoms with Crippen LogP contribution in [0.4, 0.5) is 4.79 Å². The van der Waals surface area contributed by atoms with Gasteiger partial charge in [0.1, 0.15) is 11.3 Å². The zero-order valence-corrected chi connectivity index (χ0v) is 18.4. The van der Waals surface area contributed by atoms with Crippen LogP contribution in [0.5, 0.6) is 0 Å². The summed E-state index contributed by atoms with van der Waals surface area (Å²) in [4.78, 5) is 37.8. The van der Waals surface area contributed by atoms with Crippen molar-refractivity contribution in [3.05, 3.63) is 59.2 Å². The molecule has 1 atom stereocenters. The predicted molar refractivity (Wildman–Crippen MR) is 114 cm³/mol. The predicted octanol–water partition coefficient (Wildman–Crippen LogP) is 3.78. The van der Waals surface area contributed by atoms with Gasteiger partial charge in [0, 0.05) is 25.8 Å². The van der Waals surface area contributed by atoms with E-state index < -0.39 is 5.60 Å². The number of aryl methyl sites for hydroxylation is 2. The van der Waals surface area contributed by atoms with Crippen LogP contribution in [0.3, 0.4) is 0 Å². The molecular weight excluding hydrogens is 380 g/mol. The Kier molecular flexibility index (Phi) is 6.39. The van der Waals surface area contributed by atoms with Crippen molar-refractivity contribution in [2.45, 2.75) is 52.7 Å². The molecule has 2 amide bonds. The van der Waals surface area contributed by atoms with Crippen LogP contribution in [0.2, 0.25) is 0 Å². The average molecular weight is 411 g/mol. The van der Waals surface area contributed by atoms with Gasteiger partial charge in [-0.3, -0.25) is 9.78 Å². The van der Waals surface area contributed by atoms with Crippen molar-refractivity contribution in [2.24, 2.45) is 0 Å². The summed E-state index contributed by atoms with van der Waals surface area (Å²) in [6, 6.07) is 7.91. The number of rotatable bonds is 3. The minimum absolute atomic E-state index is 0.184. The monoisotopic (exact) mass is 410 g/mol. The molecule has 1 aromatic carbocycles. The molecule has 1 aliphatic rings. The Morgan fingerprint density at radius 3 is 2.37 bits per heavy atom. The van der Waals surface area contributed by atoms with E-state index in [4.69, 9.17) is 4.74 Å². The SMILES string of the molecule is CCc1ccc([C@@H]2CN(C(=O)OC(C)(C)C)CCN2C(=O)c2cnc(C)cn2)cc1. The Morgan fingerprint density at radius 2 is 1.80 bits per heavy atom. The molecule has 0 N–H and O–H groups in total. The van der Waals surface area contributed by atoms with E-state index in [-0.39, 0.29) is 18.0 Å². The number of hydrogen-bond donors (Lipinski definition) is 0. The summed E-state index contributed by atoms with van der Waals surface area (Å²) < 4.78 is 5.55. The maximum absolute atomic E-state index is 13.2. The first-order valence-corrected chi connectivity index (χ1v) is 10.3. The molecule has 0 saturated carbocycles. The van der Waals surface area contributed by atoms with E-state index >= 15 is 0 Å². The summed E-state index contributed by atoms with van der Waals surface area (Å²) in [6.07, 6.45) is 3.68. The first-order valence-electron chi connectivity index (χ1n) is 10.3. The summed E-state index contributed by atoms with van der Waals surface area (Å²) >= 11 is 0. The molecule has 160 valence electrons. The van der Waals surface area contributed by atoms with Gasteiger partial charge in [-0.1, -0.05) is 31.2 Å². The first-order chi connectivity index (χ1) is 14.2. The van der Waals surface area contributed by atoms with Crippen molar-refractivity contribution in [3.63, 3.8) is 0 Å². The lowest BCUT2D eigenvalue weighted by Crippen LogP contribution is -2.53. The fourth-order valence-electron chi connectivity index (χ4n) is 3.43. The fraction of sp³-hybridized carbons (Fsp3) is 0.478. The van der Waals surface area contributed by atoms with Crippen LogP contribution in [0.15, 0.2) is 36.7 Å². The molecule has 0 radical (unpaired) electrons. The van der Waals surface area contributed by atoms with Crippen molar-refractivity contribution in [2.75, 3.05) is 19.6 Å². The number of ether oxygens (including phenoxy) is 1. The van der Waals surface area contributed by atoms with E-state index in [0.717, 1.165) is 17.7 Å². The summed E-state index contributed by atoms with van der Waals surface area (Å²) in [7, 11) is 0. The number of benzene rings is 1. The number of aromatic nitrogens is 2. The molecule has 7 heteroatoms. The Hall–Kier alpha value is -2.96. The van der Waals surface area contributed by atoms with Gasteiger partial charge in [0.05, 0.1) is 17.9 Å². The summed E-state index contributed by atoms with van der Waals surface area (Å²) in [5, 5.41) is 0. The highest BCUT2D eigenvalue weighted by molar-refractivity contribution is 5.92. The first kappa shape index (κ1) is 21.7. The largest absolute Gasteiger partial charge is 0.444 e. The second kappa shape index (κ2) is 8.81. The van der Waals surface area contributed by atoms with Gasteiger partial charge in [-0.05, 0) is 45.2 Å². The van der Waals surface area contributed by atoms with Crippen LogP contribution < -0.4 is 0 Å². The highest BCUT2D eigenvalue weighted by atomic mass is 16.6. The molecule has 1 aliphatic heterocycles. The van der Waals surface area contributed by atoms with Gasteiger partial charge in [0.15, 0.2) is 0 Å². The number of amides is 2. The average Bonchev–Trinajstić information content (AvgIpc) is 2.72. The zero-order chi connectivity index (χ0) is 21.9. The Labute approximate surface area is 178 Å². The van der Waals surface area contributed by atoms with Gasteiger partial charge in [0.25, 0.3) is 5.91 Å². The number of piperazine rings is 1. The number of hydrogen-bond acceptors (Lipinski definition) is 5. The summed E-state index contributed by atoms with van der Waals surface area (Å²) in [5.41, 5.74) is 2.70. The second-order valence-electron chi connectivity index (χ2n) is 8.58. The minimum Gasteiger partial charge on any atom is -0.444 e. The molecule has 0 unspecified atom stereocenters. The van der Waals surface area contributed by atoms with Crippen LogP contribution >= 0.6 is 0 Å². The molecule has 2 heterocycles. The maximum Gasteiger partial charge on any atom is 0.410 e. The van der Waals surface area contributed by atoms with Crippen LogP contribution in [-0.4, -0.2) is 57.0 Å². The van der Waals surface area contributed by atoms with Crippen LogP contribution in [0.1, 0.15) is 61.0 Å². The molecule has 1 saturated heterocycles. The van der Waals surface area contributed by atoms with Crippen molar-refractivity contribution >= 4 is 12.0 Å². The normalized spacial score (nSPS) is 17.0. The molecule has 30 heavy (non-hydrogen) atoms. The number of carbonyl (C=O) groups excluding carboxylic acids is 2. The van der Waals surface area contributed by atoms with Gasteiger partial charge in [-0.25, -0.2) is 9.78 Å². The molecule has 0 bridgehead atoms. The molecule has 7 nitrogen and oxygen atoms in total. The maximum atomic E-state index is 13.2. The van der Waals surface area contributed by atoms with E-state index in [1.807, 2.05) is 39.8 Å². The molecule has 0 spiro atoms. The third-order valence-corrected chi connectivity index (χ3v) is 5.07. The van der Waals surface area contributed by atoms with Crippen LogP contribution in [-0.2, 0) is 11.2 Å². The highest BCUT2D eigenvalue weighted by Gasteiger charge is 2.36. The van der Waals surface area contributed by atoms with Crippen LogP contribution in [0, 0.1) is 6.92 Å². The van der Waals surface area contributed by atoms with Gasteiger partial charge >= 0.3 is 6.09 Å². The lowest BCUT2D eigenvalue weighted by atomic mass is 10.00. The summed E-state index contributed by atoms with van der Waals surface area (Å²) in [5.74, 6) is -0.184. The Morgan fingerprint density at radius 1 is 1.10 bits per heavy atom. The molecule has 0 aliphatic carbocycles. The Bertz CT molecular complexity index is 888. The minimum atomic E-state index is -0.570. The number of nitrogens with zero attached hydrogens (tertiary/aromatic N) is 4. The molecule has 1 fully saturated rings. The van der Waals surface area contributed by atoms with Gasteiger partial charge < -0.3 is 14.5 Å². The van der Waals surface area contributed by atoms with Gasteiger partial charge in [-0.15, -0.1) is 0 Å². The van der Waals surface area contributed by atoms with Crippen LogP contribution in [0.25, 0.3) is 0 Å². The van der Waals surface area contributed by atoms with E-state index in [0.29, 0.717) is 25.3 Å². The van der Waals surface area contributed by atoms with E-state index in [2.05, 4.69) is 29.0 Å². The molecule has 3 rings (SSSR count). The molecule has 2 aromatic rings. The third kappa shape index (κ3) is 5.14. The van der Waals surface area contributed by atoms with E-state index in [1.54, 1.807) is 16.0 Å². The topological polar surface area (TPSA) is 75.6 Å². The van der Waals surface area contributed by atoms with Gasteiger partial charge in [-0.2, -0.15) is 0 Å². The number of carbonyl (C=O) groups is 2. The van der Waals surface area contributed by atoms with Crippen molar-refractivity contribution < 1.29 is 14.3 Å². The smallest absolute Gasteiger partial charge is 0.410 e. The Balaban J connectivity index is 1.88. The van der Waals surface area contributed by atoms with Crippen molar-refractivity contribution in [1.29, 1.82) is 0 Å². The highest BCUT2D eigenvalue weighted by Crippen LogP contribution is 2.28. The lowest BCUT2D eigenvalue weighted by Gasteiger charge is -2.41. The summed E-state index contributed by atoms with van der Waals surface area (Å²) in [6.45, 7) is 10.7. The van der Waals surface area contributed by atoms with E-state index in [1.165, 1.54) is 11.8 Å². The van der Waals surface area contributed by atoms with Crippen molar-refractivity contribution in [3.8, 4) is 0 Å². The van der Waals surface area contributed by atoms with Crippen molar-refractivity contribution in [1.82, 2.24) is 19.8 Å². The zero-order valence-electron chi connectivity index (χ0n) is 18.4. The molecule has 1 aromatic heterocycles. The standard InChI is InChI=1S/C23H30N4O3/c1-6-17-7-9-18(10-8-17)20-15-26(22(29)30-23(3,4)5)11-12-27(20)21(28)19-14-24-16(2)13-25-19/h7-10,13-14,20H,6,11-12,15H2,1-5H3/t20-/m0/s1. The third-order valence-electron chi connectivity index (χ3n) is 5.07. The van der Waals surface area contributed by atoms with E-state index in [9.17, 15) is 9.59 Å². The lowest BCUT2D eigenvalue weighted by molar-refractivity contribution is 0.00395. The fourth-order valence-corrected chi connectivity index (χ4v) is 3.43. The molecular formula is C23H30N4O3. The van der Waals surface area contributed by atoms with Gasteiger partial charge in [0.2, 0.25) is 0 Å². The second-order valence-corrected chi connectivity index (χ2v) is 8.58.